The maximum atomic E-state index is 6.45. The summed E-state index contributed by atoms with van der Waals surface area (Å²) in [6.07, 6.45) is 1.90. The van der Waals surface area contributed by atoms with Crippen LogP contribution in [0.15, 0.2) is 48.5 Å². The average Bonchev–Trinajstić information content (AvgIpc) is 2.80. The molecule has 0 amide bonds. The lowest BCUT2D eigenvalue weighted by molar-refractivity contribution is 0.615. The van der Waals surface area contributed by atoms with Crippen molar-refractivity contribution in [2.75, 3.05) is 11.5 Å². The van der Waals surface area contributed by atoms with Crippen LogP contribution in [0.3, 0.4) is 0 Å². The van der Waals surface area contributed by atoms with Gasteiger partial charge in [0.05, 0.1) is 0 Å². The minimum absolute atomic E-state index is 0.131. The van der Waals surface area contributed by atoms with E-state index in [1.54, 1.807) is 0 Å². The van der Waals surface area contributed by atoms with E-state index in [0.717, 1.165) is 29.8 Å². The van der Waals surface area contributed by atoms with E-state index in [1.165, 1.54) is 38.9 Å². The SMILES string of the molecule is CCc1cc(C(C)(C)c2cccc(C(C)(C)c3cc(C)c(N)c(C(C)C)c3)c2)cc(CC)c1N. The van der Waals surface area contributed by atoms with Gasteiger partial charge in [-0.25, -0.2) is 0 Å². The van der Waals surface area contributed by atoms with Gasteiger partial charge in [0.1, 0.15) is 0 Å². The van der Waals surface area contributed by atoms with Crippen LogP contribution >= 0.6 is 0 Å². The number of hydrogen-bond donors (Lipinski definition) is 2. The maximum Gasteiger partial charge on any atom is 0.0379 e. The second kappa shape index (κ2) is 9.49. The highest BCUT2D eigenvalue weighted by Gasteiger charge is 2.29. The molecule has 0 bridgehead atoms. The minimum atomic E-state index is -0.140. The van der Waals surface area contributed by atoms with Gasteiger partial charge >= 0.3 is 0 Å². The molecule has 0 aromatic heterocycles. The molecule has 0 radical (unpaired) electrons. The van der Waals surface area contributed by atoms with Crippen molar-refractivity contribution in [3.63, 3.8) is 0 Å². The Morgan fingerprint density at radius 2 is 1.15 bits per heavy atom. The highest BCUT2D eigenvalue weighted by atomic mass is 14.6. The van der Waals surface area contributed by atoms with E-state index in [0.29, 0.717) is 5.92 Å². The number of aryl methyl sites for hydroxylation is 3. The third kappa shape index (κ3) is 4.60. The molecule has 3 aromatic carbocycles. The molecule has 2 nitrogen and oxygen atoms in total. The Kier molecular flexibility index (Phi) is 7.22. The Morgan fingerprint density at radius 3 is 1.59 bits per heavy atom. The second-order valence-electron chi connectivity index (χ2n) is 11.2. The van der Waals surface area contributed by atoms with Gasteiger partial charge in [0.25, 0.3) is 0 Å². The molecule has 0 fully saturated rings. The zero-order valence-corrected chi connectivity index (χ0v) is 22.8. The monoisotopic (exact) mass is 456 g/mol. The average molecular weight is 457 g/mol. The van der Waals surface area contributed by atoms with E-state index < -0.39 is 0 Å². The van der Waals surface area contributed by atoms with Gasteiger partial charge in [0.15, 0.2) is 0 Å². The standard InChI is InChI=1S/C32H44N2/c1-10-22-16-27(17-23(11-2)30(22)34)32(8,9)25-14-12-13-24(18-25)31(6,7)26-15-21(5)29(33)28(19-26)20(3)4/h12-20H,10-11,33-34H2,1-9H3. The summed E-state index contributed by atoms with van der Waals surface area (Å²) in [5.74, 6) is 0.394. The molecule has 0 spiro atoms. The van der Waals surface area contributed by atoms with E-state index in [9.17, 15) is 0 Å². The first-order valence-corrected chi connectivity index (χ1v) is 12.8. The molecule has 0 atom stereocenters. The Hall–Kier alpha value is -2.74. The molecular weight excluding hydrogens is 412 g/mol. The van der Waals surface area contributed by atoms with Crippen molar-refractivity contribution in [3.05, 3.63) is 93.0 Å². The summed E-state index contributed by atoms with van der Waals surface area (Å²) >= 11 is 0. The Bertz CT molecular complexity index is 1130. The Balaban J connectivity index is 2.12. The number of rotatable bonds is 7. The van der Waals surface area contributed by atoms with Crippen LogP contribution in [0.5, 0.6) is 0 Å². The largest absolute Gasteiger partial charge is 0.398 e. The van der Waals surface area contributed by atoms with Crippen molar-refractivity contribution in [2.24, 2.45) is 0 Å². The van der Waals surface area contributed by atoms with E-state index in [1.807, 2.05) is 0 Å². The summed E-state index contributed by atoms with van der Waals surface area (Å²) in [6, 6.07) is 18.3. The van der Waals surface area contributed by atoms with Crippen LogP contribution in [0.25, 0.3) is 0 Å². The first-order chi connectivity index (χ1) is 15.8. The van der Waals surface area contributed by atoms with Crippen molar-refractivity contribution in [1.29, 1.82) is 0 Å². The smallest absolute Gasteiger partial charge is 0.0379 e. The van der Waals surface area contributed by atoms with Crippen LogP contribution in [-0.4, -0.2) is 0 Å². The molecular formula is C32H44N2. The van der Waals surface area contributed by atoms with Crippen molar-refractivity contribution in [3.8, 4) is 0 Å². The lowest BCUT2D eigenvalue weighted by Crippen LogP contribution is -2.24. The third-order valence-corrected chi connectivity index (χ3v) is 7.90. The molecule has 0 saturated heterocycles. The van der Waals surface area contributed by atoms with Crippen LogP contribution in [0, 0.1) is 6.92 Å². The molecule has 4 N–H and O–H groups in total. The molecule has 0 aliphatic rings. The Labute approximate surface area is 207 Å². The van der Waals surface area contributed by atoms with Crippen molar-refractivity contribution < 1.29 is 0 Å². The maximum absolute atomic E-state index is 6.45. The molecule has 0 unspecified atom stereocenters. The number of nitrogens with two attached hydrogens (primary N) is 2. The summed E-state index contributed by atoms with van der Waals surface area (Å²) in [5, 5.41) is 0. The summed E-state index contributed by atoms with van der Waals surface area (Å²) < 4.78 is 0. The van der Waals surface area contributed by atoms with Gasteiger partial charge in [-0.2, -0.15) is 0 Å². The summed E-state index contributed by atoms with van der Waals surface area (Å²) in [6.45, 7) is 20.2. The van der Waals surface area contributed by atoms with Crippen LogP contribution < -0.4 is 11.5 Å². The van der Waals surface area contributed by atoms with Crippen molar-refractivity contribution >= 4 is 11.4 Å². The van der Waals surface area contributed by atoms with Crippen molar-refractivity contribution in [1.82, 2.24) is 0 Å². The summed E-state index contributed by atoms with van der Waals surface area (Å²) in [4.78, 5) is 0. The van der Waals surface area contributed by atoms with Crippen LogP contribution in [0.4, 0.5) is 11.4 Å². The first-order valence-electron chi connectivity index (χ1n) is 12.8. The predicted octanol–water partition coefficient (Wildman–Crippen LogP) is 8.06. The zero-order chi connectivity index (χ0) is 25.4. The van der Waals surface area contributed by atoms with Crippen molar-refractivity contribution in [2.45, 2.75) is 91.9 Å². The van der Waals surface area contributed by atoms with Gasteiger partial charge in [-0.3, -0.25) is 0 Å². The van der Waals surface area contributed by atoms with Gasteiger partial charge in [-0.1, -0.05) is 104 Å². The van der Waals surface area contributed by atoms with Gasteiger partial charge in [0, 0.05) is 22.2 Å². The third-order valence-electron chi connectivity index (χ3n) is 7.90. The molecule has 3 rings (SSSR count). The van der Waals surface area contributed by atoms with Gasteiger partial charge < -0.3 is 11.5 Å². The molecule has 2 heteroatoms. The molecule has 0 aliphatic heterocycles. The lowest BCUT2D eigenvalue weighted by Gasteiger charge is -2.32. The zero-order valence-electron chi connectivity index (χ0n) is 22.8. The van der Waals surface area contributed by atoms with E-state index in [2.05, 4.69) is 111 Å². The van der Waals surface area contributed by atoms with Gasteiger partial charge in [-0.15, -0.1) is 0 Å². The quantitative estimate of drug-likeness (QED) is 0.353. The highest BCUT2D eigenvalue weighted by Crippen LogP contribution is 2.40. The van der Waals surface area contributed by atoms with Gasteiger partial charge in [0.2, 0.25) is 0 Å². The minimum Gasteiger partial charge on any atom is -0.398 e. The molecule has 0 heterocycles. The van der Waals surface area contributed by atoms with Crippen LogP contribution in [0.1, 0.15) is 106 Å². The lowest BCUT2D eigenvalue weighted by atomic mass is 9.72. The number of benzene rings is 3. The first kappa shape index (κ1) is 25.9. The summed E-state index contributed by atoms with van der Waals surface area (Å²) in [7, 11) is 0. The normalized spacial score (nSPS) is 12.4. The second-order valence-corrected chi connectivity index (χ2v) is 11.2. The topological polar surface area (TPSA) is 52.0 Å². The molecule has 182 valence electrons. The van der Waals surface area contributed by atoms with Gasteiger partial charge in [-0.05, 0) is 70.2 Å². The number of anilines is 2. The fourth-order valence-electron chi connectivity index (χ4n) is 5.02. The highest BCUT2D eigenvalue weighted by molar-refractivity contribution is 5.60. The number of hydrogen-bond acceptors (Lipinski definition) is 2. The Morgan fingerprint density at radius 1 is 0.676 bits per heavy atom. The molecule has 0 aliphatic carbocycles. The summed E-state index contributed by atoms with van der Waals surface area (Å²) in [5.41, 5.74) is 24.7. The fraction of sp³-hybridized carbons (Fsp3) is 0.438. The predicted molar refractivity (Wildman–Crippen MR) is 150 cm³/mol. The van der Waals surface area contributed by atoms with E-state index in [-0.39, 0.29) is 10.8 Å². The molecule has 0 saturated carbocycles. The molecule has 3 aromatic rings. The van der Waals surface area contributed by atoms with E-state index >= 15 is 0 Å². The fourth-order valence-corrected chi connectivity index (χ4v) is 5.02. The van der Waals surface area contributed by atoms with E-state index in [4.69, 9.17) is 11.5 Å². The van der Waals surface area contributed by atoms with Crippen LogP contribution in [0.2, 0.25) is 0 Å². The molecule has 34 heavy (non-hydrogen) atoms. The van der Waals surface area contributed by atoms with Crippen LogP contribution in [-0.2, 0) is 23.7 Å². The number of nitrogen functional groups attached to an aromatic ring is 2.